The fourth-order valence-electron chi connectivity index (χ4n) is 5.88. The van der Waals surface area contributed by atoms with E-state index in [1.165, 1.54) is 12.5 Å². The lowest BCUT2D eigenvalue weighted by atomic mass is 9.71. The Hall–Kier alpha value is -4.00. The summed E-state index contributed by atoms with van der Waals surface area (Å²) in [6.45, 7) is 2.19. The van der Waals surface area contributed by atoms with Gasteiger partial charge in [-0.25, -0.2) is 4.39 Å². The summed E-state index contributed by atoms with van der Waals surface area (Å²) in [5.41, 5.74) is 1.67. The highest BCUT2D eigenvalue weighted by Crippen LogP contribution is 2.38. The monoisotopic (exact) mass is 526 g/mol. The summed E-state index contributed by atoms with van der Waals surface area (Å²) in [4.78, 5) is 35.1. The molecule has 1 aliphatic rings. The molecule has 3 N–H and O–H groups in total. The molecule has 5 rings (SSSR count). The van der Waals surface area contributed by atoms with Crippen LogP contribution >= 0.6 is 0 Å². The first-order chi connectivity index (χ1) is 18.9. The summed E-state index contributed by atoms with van der Waals surface area (Å²) in [5, 5.41) is 7.16. The number of rotatable bonds is 9. The standard InChI is InChI=1S/C32H35FN4O2/c1-31(20-24-21-35-27-14-6-4-12-25(24)27,37-29(38)19-23-11-3-5-13-26(23)33)30(39)36-22-32(16-8-2-9-17-32)28-15-7-10-18-34-28/h3-7,10-15,18,21,35H,2,8-9,16-17,19-20,22H2,1H3,(H,36,39)(H,37,38)/t31-/m0/s1. The minimum atomic E-state index is -1.26. The van der Waals surface area contributed by atoms with Gasteiger partial charge in [0.2, 0.25) is 11.8 Å². The molecule has 0 bridgehead atoms. The molecule has 0 aliphatic heterocycles. The van der Waals surface area contributed by atoms with Crippen molar-refractivity contribution >= 4 is 22.7 Å². The number of pyridine rings is 1. The smallest absolute Gasteiger partial charge is 0.245 e. The van der Waals surface area contributed by atoms with Crippen molar-refractivity contribution < 1.29 is 14.0 Å². The Balaban J connectivity index is 1.40. The quantitative estimate of drug-likeness (QED) is 0.274. The predicted octanol–water partition coefficient (Wildman–Crippen LogP) is 5.38. The van der Waals surface area contributed by atoms with Crippen molar-refractivity contribution in [2.75, 3.05) is 6.54 Å². The van der Waals surface area contributed by atoms with E-state index in [1.54, 1.807) is 31.3 Å². The van der Waals surface area contributed by atoms with E-state index in [4.69, 9.17) is 0 Å². The van der Waals surface area contributed by atoms with Gasteiger partial charge in [-0.2, -0.15) is 0 Å². The summed E-state index contributed by atoms with van der Waals surface area (Å²) in [7, 11) is 0. The number of fused-ring (bicyclic) bond motifs is 1. The molecule has 4 aromatic rings. The number of aromatic nitrogens is 2. The summed E-state index contributed by atoms with van der Waals surface area (Å²) in [5.74, 6) is -1.12. The van der Waals surface area contributed by atoms with Gasteiger partial charge in [-0.1, -0.05) is 61.7 Å². The number of hydrogen-bond acceptors (Lipinski definition) is 3. The molecule has 2 aromatic carbocycles. The minimum absolute atomic E-state index is 0.151. The van der Waals surface area contributed by atoms with Crippen LogP contribution in [0.15, 0.2) is 79.1 Å². The topological polar surface area (TPSA) is 86.9 Å². The molecule has 0 spiro atoms. The van der Waals surface area contributed by atoms with Crippen LogP contribution in [0.3, 0.4) is 0 Å². The van der Waals surface area contributed by atoms with Crippen molar-refractivity contribution in [2.24, 2.45) is 0 Å². The van der Waals surface area contributed by atoms with Gasteiger partial charge in [-0.15, -0.1) is 0 Å². The Kier molecular flexibility index (Phi) is 7.77. The first-order valence-corrected chi connectivity index (χ1v) is 13.7. The zero-order valence-electron chi connectivity index (χ0n) is 22.3. The highest BCUT2D eigenvalue weighted by atomic mass is 19.1. The first kappa shape index (κ1) is 26.6. The lowest BCUT2D eigenvalue weighted by Crippen LogP contribution is -2.60. The minimum Gasteiger partial charge on any atom is -0.361 e. The maximum Gasteiger partial charge on any atom is 0.245 e. The second-order valence-corrected chi connectivity index (χ2v) is 10.9. The molecular formula is C32H35FN4O2. The number of amides is 2. The number of carbonyl (C=O) groups is 2. The molecule has 1 saturated carbocycles. The number of H-pyrrole nitrogens is 1. The number of carbonyl (C=O) groups excluding carboxylic acids is 2. The molecule has 39 heavy (non-hydrogen) atoms. The number of nitrogens with one attached hydrogen (secondary N) is 3. The van der Waals surface area contributed by atoms with Crippen LogP contribution in [0.2, 0.25) is 0 Å². The Morgan fingerprint density at radius 3 is 2.49 bits per heavy atom. The second kappa shape index (κ2) is 11.4. The zero-order valence-corrected chi connectivity index (χ0v) is 22.3. The Labute approximate surface area is 228 Å². The van der Waals surface area contributed by atoms with E-state index >= 15 is 0 Å². The molecule has 7 heteroatoms. The fraction of sp³-hybridized carbons (Fsp3) is 0.344. The number of nitrogens with zero attached hydrogens (tertiary/aromatic N) is 1. The van der Waals surface area contributed by atoms with Gasteiger partial charge in [0.25, 0.3) is 0 Å². The van der Waals surface area contributed by atoms with Gasteiger partial charge in [0, 0.05) is 47.4 Å². The summed E-state index contributed by atoms with van der Waals surface area (Å²) in [6, 6.07) is 20.0. The van der Waals surface area contributed by atoms with Crippen LogP contribution in [0.25, 0.3) is 10.9 Å². The summed E-state index contributed by atoms with van der Waals surface area (Å²) < 4.78 is 14.3. The van der Waals surface area contributed by atoms with Crippen molar-refractivity contribution in [3.8, 4) is 0 Å². The molecular weight excluding hydrogens is 491 g/mol. The zero-order chi connectivity index (χ0) is 27.3. The molecule has 0 unspecified atom stereocenters. The van der Waals surface area contributed by atoms with Crippen LogP contribution in [-0.4, -0.2) is 33.9 Å². The van der Waals surface area contributed by atoms with Gasteiger partial charge in [-0.3, -0.25) is 14.6 Å². The highest BCUT2D eigenvalue weighted by Gasteiger charge is 2.40. The number of benzene rings is 2. The SMILES string of the molecule is C[C@@](Cc1c[nH]c2ccccc12)(NC(=O)Cc1ccccc1F)C(=O)NCC1(c2ccccn2)CCCCC1. The average molecular weight is 527 g/mol. The van der Waals surface area contributed by atoms with Crippen LogP contribution in [0.4, 0.5) is 4.39 Å². The molecule has 202 valence electrons. The maximum absolute atomic E-state index is 14.3. The van der Waals surface area contributed by atoms with Gasteiger partial charge in [0.15, 0.2) is 0 Å². The van der Waals surface area contributed by atoms with Crippen LogP contribution < -0.4 is 10.6 Å². The normalized spacial score (nSPS) is 16.4. The molecule has 1 atom stereocenters. The molecule has 2 aromatic heterocycles. The second-order valence-electron chi connectivity index (χ2n) is 10.9. The van der Waals surface area contributed by atoms with Crippen molar-refractivity contribution in [1.29, 1.82) is 0 Å². The van der Waals surface area contributed by atoms with E-state index in [0.717, 1.165) is 47.8 Å². The number of aromatic amines is 1. The molecule has 0 saturated heterocycles. The third-order valence-electron chi connectivity index (χ3n) is 8.05. The van der Waals surface area contributed by atoms with Crippen LogP contribution in [-0.2, 0) is 27.8 Å². The fourth-order valence-corrected chi connectivity index (χ4v) is 5.88. The maximum atomic E-state index is 14.3. The average Bonchev–Trinajstić information content (AvgIpc) is 3.36. The van der Waals surface area contributed by atoms with Gasteiger partial charge < -0.3 is 15.6 Å². The Bertz CT molecular complexity index is 1440. The van der Waals surface area contributed by atoms with E-state index in [2.05, 4.69) is 20.6 Å². The van der Waals surface area contributed by atoms with E-state index in [0.29, 0.717) is 12.1 Å². The van der Waals surface area contributed by atoms with Gasteiger partial charge in [0.1, 0.15) is 11.4 Å². The molecule has 2 heterocycles. The van der Waals surface area contributed by atoms with Gasteiger partial charge in [0.05, 0.1) is 6.42 Å². The third kappa shape index (κ3) is 5.87. The summed E-state index contributed by atoms with van der Waals surface area (Å²) >= 11 is 0. The number of para-hydroxylation sites is 1. The Morgan fingerprint density at radius 2 is 1.72 bits per heavy atom. The lowest BCUT2D eigenvalue weighted by Gasteiger charge is -2.38. The van der Waals surface area contributed by atoms with Crippen molar-refractivity contribution in [1.82, 2.24) is 20.6 Å². The third-order valence-corrected chi connectivity index (χ3v) is 8.05. The van der Waals surface area contributed by atoms with E-state index < -0.39 is 17.3 Å². The molecule has 2 amide bonds. The summed E-state index contributed by atoms with van der Waals surface area (Å²) in [6.07, 6.45) is 9.05. The highest BCUT2D eigenvalue weighted by molar-refractivity contribution is 5.93. The van der Waals surface area contributed by atoms with Crippen LogP contribution in [0.1, 0.15) is 55.8 Å². The van der Waals surface area contributed by atoms with Crippen molar-refractivity contribution in [3.05, 3.63) is 102 Å². The van der Waals surface area contributed by atoms with E-state index in [9.17, 15) is 14.0 Å². The Morgan fingerprint density at radius 1 is 0.974 bits per heavy atom. The van der Waals surface area contributed by atoms with E-state index in [1.807, 2.05) is 48.7 Å². The van der Waals surface area contributed by atoms with Crippen molar-refractivity contribution in [2.45, 2.75) is 62.8 Å². The lowest BCUT2D eigenvalue weighted by molar-refractivity contribution is -0.133. The predicted molar refractivity (Wildman–Crippen MR) is 151 cm³/mol. The van der Waals surface area contributed by atoms with Crippen LogP contribution in [0.5, 0.6) is 0 Å². The molecule has 0 radical (unpaired) electrons. The molecule has 1 fully saturated rings. The van der Waals surface area contributed by atoms with Gasteiger partial charge >= 0.3 is 0 Å². The largest absolute Gasteiger partial charge is 0.361 e. The first-order valence-electron chi connectivity index (χ1n) is 13.7. The number of halogens is 1. The van der Waals surface area contributed by atoms with E-state index in [-0.39, 0.29) is 24.2 Å². The van der Waals surface area contributed by atoms with Crippen LogP contribution in [0, 0.1) is 5.82 Å². The van der Waals surface area contributed by atoms with Crippen molar-refractivity contribution in [3.63, 3.8) is 0 Å². The molecule has 1 aliphatic carbocycles. The number of hydrogen-bond donors (Lipinski definition) is 3. The molecule has 6 nitrogen and oxygen atoms in total. The van der Waals surface area contributed by atoms with Gasteiger partial charge in [-0.05, 0) is 55.2 Å².